The van der Waals surface area contributed by atoms with Gasteiger partial charge in [0.15, 0.2) is 12.4 Å². The summed E-state index contributed by atoms with van der Waals surface area (Å²) in [4.78, 5) is 33.9. The number of nitro benzene ring substituents is 1. The van der Waals surface area contributed by atoms with Crippen molar-refractivity contribution >= 4 is 23.3 Å². The molecule has 0 radical (unpaired) electrons. The fourth-order valence-electron chi connectivity index (χ4n) is 2.08. The first kappa shape index (κ1) is 17.9. The van der Waals surface area contributed by atoms with Crippen LogP contribution in [-0.4, -0.2) is 23.5 Å². The van der Waals surface area contributed by atoms with Crippen LogP contribution in [0.1, 0.15) is 11.1 Å². The second-order valence-electron chi connectivity index (χ2n) is 5.26. The number of imide groups is 1. The number of carbonyl (C=O) groups excluding carboxylic acids is 2. The highest BCUT2D eigenvalue weighted by Crippen LogP contribution is 2.25. The Hall–Kier alpha value is -3.42. The first-order valence-electron chi connectivity index (χ1n) is 7.41. The molecule has 3 amide bonds. The third kappa shape index (κ3) is 4.77. The Kier molecular flexibility index (Phi) is 5.67. The minimum atomic E-state index is -0.721. The topological polar surface area (TPSA) is 111 Å². The van der Waals surface area contributed by atoms with E-state index in [1.165, 1.54) is 18.2 Å². The molecule has 0 spiro atoms. The summed E-state index contributed by atoms with van der Waals surface area (Å²) in [6.07, 6.45) is 0. The van der Waals surface area contributed by atoms with Gasteiger partial charge in [-0.05, 0) is 37.1 Å². The number of nitrogens with one attached hydrogen (secondary N) is 2. The average molecular weight is 343 g/mol. The van der Waals surface area contributed by atoms with Gasteiger partial charge in [-0.3, -0.25) is 20.2 Å². The Morgan fingerprint density at radius 1 is 1.12 bits per heavy atom. The summed E-state index contributed by atoms with van der Waals surface area (Å²) in [5, 5.41) is 15.6. The van der Waals surface area contributed by atoms with E-state index in [0.29, 0.717) is 5.69 Å². The molecule has 0 atom stereocenters. The molecule has 2 rings (SSSR count). The predicted molar refractivity (Wildman–Crippen MR) is 91.7 cm³/mol. The lowest BCUT2D eigenvalue weighted by atomic mass is 10.1. The molecular formula is C17H17N3O5. The number of hydrogen-bond donors (Lipinski definition) is 2. The summed E-state index contributed by atoms with van der Waals surface area (Å²) in [5.74, 6) is -0.765. The van der Waals surface area contributed by atoms with Crippen LogP contribution in [0.15, 0.2) is 42.5 Å². The van der Waals surface area contributed by atoms with E-state index in [9.17, 15) is 19.7 Å². The molecule has 0 heterocycles. The van der Waals surface area contributed by atoms with Crippen molar-refractivity contribution in [2.75, 3.05) is 11.9 Å². The molecule has 0 aliphatic heterocycles. The molecule has 0 saturated heterocycles. The summed E-state index contributed by atoms with van der Waals surface area (Å²) in [7, 11) is 0. The van der Waals surface area contributed by atoms with Gasteiger partial charge in [0, 0.05) is 11.8 Å². The van der Waals surface area contributed by atoms with Gasteiger partial charge < -0.3 is 10.1 Å². The zero-order chi connectivity index (χ0) is 18.4. The van der Waals surface area contributed by atoms with Gasteiger partial charge in [0.2, 0.25) is 0 Å². The smallest absolute Gasteiger partial charge is 0.325 e. The number of rotatable bonds is 5. The van der Waals surface area contributed by atoms with Crippen molar-refractivity contribution in [3.05, 3.63) is 63.7 Å². The van der Waals surface area contributed by atoms with Gasteiger partial charge in [-0.25, -0.2) is 4.79 Å². The summed E-state index contributed by atoms with van der Waals surface area (Å²) in [5.41, 5.74) is 2.23. The first-order chi connectivity index (χ1) is 11.9. The van der Waals surface area contributed by atoms with Gasteiger partial charge in [0.25, 0.3) is 5.91 Å². The largest absolute Gasteiger partial charge is 0.477 e. The fourth-order valence-corrected chi connectivity index (χ4v) is 2.08. The van der Waals surface area contributed by atoms with Crippen molar-refractivity contribution in [3.8, 4) is 5.75 Å². The highest BCUT2D eigenvalue weighted by molar-refractivity contribution is 6.02. The van der Waals surface area contributed by atoms with E-state index in [1.54, 1.807) is 18.2 Å². The Balaban J connectivity index is 1.91. The maximum Gasteiger partial charge on any atom is 0.325 e. The number of benzene rings is 2. The van der Waals surface area contributed by atoms with E-state index < -0.39 is 23.5 Å². The number of carbonyl (C=O) groups is 2. The van der Waals surface area contributed by atoms with Crippen LogP contribution in [0.5, 0.6) is 5.75 Å². The Morgan fingerprint density at radius 3 is 2.56 bits per heavy atom. The Labute approximate surface area is 144 Å². The normalized spacial score (nSPS) is 10.0. The predicted octanol–water partition coefficient (Wildman–Crippen LogP) is 2.94. The third-order valence-electron chi connectivity index (χ3n) is 3.53. The van der Waals surface area contributed by atoms with E-state index in [4.69, 9.17) is 4.74 Å². The molecule has 0 aromatic heterocycles. The molecule has 0 bridgehead atoms. The number of nitrogens with zero attached hydrogens (tertiary/aromatic N) is 1. The van der Waals surface area contributed by atoms with Crippen LogP contribution in [0.2, 0.25) is 0 Å². The maximum atomic E-state index is 11.9. The van der Waals surface area contributed by atoms with Crippen LogP contribution in [-0.2, 0) is 4.79 Å². The van der Waals surface area contributed by atoms with Gasteiger partial charge >= 0.3 is 11.7 Å². The first-order valence-corrected chi connectivity index (χ1v) is 7.41. The number of ether oxygens (including phenoxy) is 1. The summed E-state index contributed by atoms with van der Waals surface area (Å²) < 4.78 is 5.12. The van der Waals surface area contributed by atoms with Crippen molar-refractivity contribution < 1.29 is 19.2 Å². The quantitative estimate of drug-likeness (QED) is 0.640. The van der Waals surface area contributed by atoms with Crippen LogP contribution >= 0.6 is 0 Å². The lowest BCUT2D eigenvalue weighted by Crippen LogP contribution is -2.37. The zero-order valence-electron chi connectivity index (χ0n) is 13.7. The third-order valence-corrected chi connectivity index (χ3v) is 3.53. The molecule has 2 aromatic rings. The molecule has 2 aromatic carbocycles. The number of urea groups is 1. The van der Waals surface area contributed by atoms with Gasteiger partial charge in [-0.2, -0.15) is 0 Å². The second kappa shape index (κ2) is 7.91. The summed E-state index contributed by atoms with van der Waals surface area (Å²) in [6, 6.07) is 10.4. The molecular weight excluding hydrogens is 326 g/mol. The molecule has 8 heteroatoms. The molecule has 2 N–H and O–H groups in total. The number of anilines is 1. The molecule has 0 aliphatic carbocycles. The van der Waals surface area contributed by atoms with Crippen LogP contribution in [0.25, 0.3) is 0 Å². The van der Waals surface area contributed by atoms with Crippen LogP contribution < -0.4 is 15.4 Å². The SMILES string of the molecule is Cc1cccc(NC(=O)NC(=O)COc2ccccc2[N+](=O)[O-])c1C. The Bertz CT molecular complexity index is 820. The van der Waals surface area contributed by atoms with E-state index in [-0.39, 0.29) is 11.4 Å². The highest BCUT2D eigenvalue weighted by Gasteiger charge is 2.16. The molecule has 0 unspecified atom stereocenters. The number of para-hydroxylation sites is 2. The van der Waals surface area contributed by atoms with Crippen molar-refractivity contribution in [2.45, 2.75) is 13.8 Å². The number of nitro groups is 1. The lowest BCUT2D eigenvalue weighted by Gasteiger charge is -2.11. The molecule has 25 heavy (non-hydrogen) atoms. The highest BCUT2D eigenvalue weighted by atomic mass is 16.6. The number of aryl methyl sites for hydroxylation is 1. The van der Waals surface area contributed by atoms with Crippen molar-refractivity contribution in [1.29, 1.82) is 0 Å². The monoisotopic (exact) mass is 343 g/mol. The van der Waals surface area contributed by atoms with Gasteiger partial charge in [0.1, 0.15) is 0 Å². The summed E-state index contributed by atoms with van der Waals surface area (Å²) >= 11 is 0. The standard InChI is InChI=1S/C17H17N3O5/c1-11-6-5-7-13(12(11)2)18-17(22)19-16(21)10-25-15-9-4-3-8-14(15)20(23)24/h3-9H,10H2,1-2H3,(H2,18,19,21,22). The zero-order valence-corrected chi connectivity index (χ0v) is 13.7. The van der Waals surface area contributed by atoms with Gasteiger partial charge in [-0.15, -0.1) is 0 Å². The molecule has 0 fully saturated rings. The molecule has 0 aliphatic rings. The molecule has 0 saturated carbocycles. The van der Waals surface area contributed by atoms with Gasteiger partial charge in [0.05, 0.1) is 4.92 Å². The van der Waals surface area contributed by atoms with Crippen molar-refractivity contribution in [1.82, 2.24) is 5.32 Å². The van der Waals surface area contributed by atoms with Crippen LogP contribution in [0, 0.1) is 24.0 Å². The minimum Gasteiger partial charge on any atom is -0.477 e. The number of hydrogen-bond acceptors (Lipinski definition) is 5. The summed E-state index contributed by atoms with van der Waals surface area (Å²) in [6.45, 7) is 3.24. The van der Waals surface area contributed by atoms with Crippen LogP contribution in [0.4, 0.5) is 16.2 Å². The van der Waals surface area contributed by atoms with Gasteiger partial charge in [-0.1, -0.05) is 24.3 Å². The minimum absolute atomic E-state index is 0.0439. The fraction of sp³-hybridized carbons (Fsp3) is 0.176. The van der Waals surface area contributed by atoms with Crippen molar-refractivity contribution in [3.63, 3.8) is 0 Å². The number of amides is 3. The average Bonchev–Trinajstić information content (AvgIpc) is 2.57. The van der Waals surface area contributed by atoms with E-state index in [2.05, 4.69) is 10.6 Å². The molecule has 130 valence electrons. The van der Waals surface area contributed by atoms with Crippen LogP contribution in [0.3, 0.4) is 0 Å². The maximum absolute atomic E-state index is 11.9. The van der Waals surface area contributed by atoms with E-state index in [0.717, 1.165) is 11.1 Å². The lowest BCUT2D eigenvalue weighted by molar-refractivity contribution is -0.385. The van der Waals surface area contributed by atoms with Crippen molar-refractivity contribution in [2.24, 2.45) is 0 Å². The van der Waals surface area contributed by atoms with E-state index >= 15 is 0 Å². The second-order valence-corrected chi connectivity index (χ2v) is 5.26. The Morgan fingerprint density at radius 2 is 1.84 bits per heavy atom. The van der Waals surface area contributed by atoms with E-state index in [1.807, 2.05) is 19.9 Å². The molecule has 8 nitrogen and oxygen atoms in total.